The number of carbonyl (C=O) groups is 1. The molecule has 0 bridgehead atoms. The highest BCUT2D eigenvalue weighted by atomic mass is 32.2. The molecule has 0 saturated carbocycles. The number of hydrogen-bond donors (Lipinski definition) is 1. The Morgan fingerprint density at radius 1 is 1.12 bits per heavy atom. The van der Waals surface area contributed by atoms with Gasteiger partial charge in [0.2, 0.25) is 5.91 Å². The van der Waals surface area contributed by atoms with Crippen molar-refractivity contribution in [1.82, 2.24) is 5.32 Å². The van der Waals surface area contributed by atoms with Crippen LogP contribution in [0.4, 0.5) is 0 Å². The number of para-hydroxylation sites is 1. The quantitative estimate of drug-likeness (QED) is 0.868. The van der Waals surface area contributed by atoms with Crippen LogP contribution < -0.4 is 10.1 Å². The molecule has 2 aromatic rings. The second-order valence-corrected chi connectivity index (χ2v) is 7.51. The number of aryl methyl sites for hydroxylation is 2. The number of fused-ring (bicyclic) bond motifs is 2. The predicted octanol–water partition coefficient (Wildman–Crippen LogP) is 3.39. The average Bonchev–Trinajstić information content (AvgIpc) is 3.07. The first-order chi connectivity index (χ1) is 11.8. The normalized spacial score (nSPS) is 18.4. The first-order valence-electron chi connectivity index (χ1n) is 8.52. The van der Waals surface area contributed by atoms with Gasteiger partial charge in [0.1, 0.15) is 12.4 Å². The summed E-state index contributed by atoms with van der Waals surface area (Å²) in [4.78, 5) is 13.4. The van der Waals surface area contributed by atoms with E-state index in [1.165, 1.54) is 40.8 Å². The minimum atomic E-state index is 0.0630. The molecule has 0 spiro atoms. The van der Waals surface area contributed by atoms with E-state index in [0.29, 0.717) is 12.4 Å². The van der Waals surface area contributed by atoms with Gasteiger partial charge in [-0.25, -0.2) is 0 Å². The molecule has 0 fully saturated rings. The first kappa shape index (κ1) is 15.6. The van der Waals surface area contributed by atoms with Gasteiger partial charge >= 0.3 is 0 Å². The molecule has 24 heavy (non-hydrogen) atoms. The molecular weight excluding hydrogens is 318 g/mol. The Labute approximate surface area is 146 Å². The topological polar surface area (TPSA) is 38.3 Å². The van der Waals surface area contributed by atoms with Gasteiger partial charge < -0.3 is 10.1 Å². The van der Waals surface area contributed by atoms with Crippen LogP contribution in [0.25, 0.3) is 0 Å². The van der Waals surface area contributed by atoms with Crippen molar-refractivity contribution in [2.45, 2.75) is 36.6 Å². The first-order valence-corrected chi connectivity index (χ1v) is 9.51. The lowest BCUT2D eigenvalue weighted by Gasteiger charge is -2.26. The summed E-state index contributed by atoms with van der Waals surface area (Å²) in [5.41, 5.74) is 4.10. The van der Waals surface area contributed by atoms with Crippen molar-refractivity contribution in [3.8, 4) is 5.75 Å². The van der Waals surface area contributed by atoms with E-state index in [-0.39, 0.29) is 11.9 Å². The third kappa shape index (κ3) is 3.44. The number of rotatable bonds is 4. The van der Waals surface area contributed by atoms with E-state index in [0.717, 1.165) is 12.2 Å². The van der Waals surface area contributed by atoms with Crippen LogP contribution in [-0.4, -0.2) is 24.3 Å². The molecule has 1 amide bonds. The zero-order chi connectivity index (χ0) is 16.4. The minimum Gasteiger partial charge on any atom is -0.491 e. The van der Waals surface area contributed by atoms with Crippen molar-refractivity contribution in [2.24, 2.45) is 0 Å². The van der Waals surface area contributed by atoms with E-state index < -0.39 is 0 Å². The van der Waals surface area contributed by atoms with Crippen molar-refractivity contribution in [3.63, 3.8) is 0 Å². The summed E-state index contributed by atoms with van der Waals surface area (Å²) in [5, 5.41) is 3.10. The number of thioether (sulfide) groups is 1. The molecule has 124 valence electrons. The summed E-state index contributed by atoms with van der Waals surface area (Å²) in [6.07, 6.45) is 4.47. The van der Waals surface area contributed by atoms with Crippen molar-refractivity contribution in [1.29, 1.82) is 0 Å². The molecule has 1 aliphatic heterocycles. The number of amides is 1. The van der Waals surface area contributed by atoms with E-state index in [1.807, 2.05) is 18.2 Å². The molecule has 0 aromatic heterocycles. The van der Waals surface area contributed by atoms with E-state index >= 15 is 0 Å². The molecule has 1 unspecified atom stereocenters. The van der Waals surface area contributed by atoms with E-state index in [9.17, 15) is 4.79 Å². The van der Waals surface area contributed by atoms with Crippen LogP contribution in [0.3, 0.4) is 0 Å². The Morgan fingerprint density at radius 2 is 2.00 bits per heavy atom. The Kier molecular flexibility index (Phi) is 4.48. The molecular formula is C20H21NO2S. The largest absolute Gasteiger partial charge is 0.491 e. The van der Waals surface area contributed by atoms with Crippen LogP contribution in [0.2, 0.25) is 0 Å². The van der Waals surface area contributed by atoms with E-state index in [1.54, 1.807) is 11.8 Å². The maximum Gasteiger partial charge on any atom is 0.230 e. The fourth-order valence-electron chi connectivity index (χ4n) is 3.48. The van der Waals surface area contributed by atoms with Crippen molar-refractivity contribution in [2.75, 3.05) is 12.4 Å². The number of hydrogen-bond acceptors (Lipinski definition) is 3. The fourth-order valence-corrected chi connectivity index (χ4v) is 4.25. The van der Waals surface area contributed by atoms with Crippen LogP contribution in [0, 0.1) is 0 Å². The summed E-state index contributed by atoms with van der Waals surface area (Å²) in [6.45, 7) is 0.548. The highest BCUT2D eigenvalue weighted by molar-refractivity contribution is 8.00. The van der Waals surface area contributed by atoms with Crippen molar-refractivity contribution in [3.05, 3.63) is 59.2 Å². The van der Waals surface area contributed by atoms with E-state index in [4.69, 9.17) is 4.74 Å². The molecule has 1 atom stereocenters. The summed E-state index contributed by atoms with van der Waals surface area (Å²) >= 11 is 1.62. The standard InChI is InChI=1S/C20H21NO2S/c22-20(13-24-18-9-8-14-5-3-6-15(14)11-18)21-17-10-16-4-1-2-7-19(16)23-12-17/h1-2,4,7-9,11,17H,3,5-6,10,12-13H2,(H,21,22). The number of nitrogens with one attached hydrogen (secondary N) is 1. The lowest BCUT2D eigenvalue weighted by Crippen LogP contribution is -2.43. The second-order valence-electron chi connectivity index (χ2n) is 6.46. The SMILES string of the molecule is O=C(CSc1ccc2c(c1)CCC2)NC1COc2ccccc2C1. The highest BCUT2D eigenvalue weighted by Gasteiger charge is 2.21. The van der Waals surface area contributed by atoms with Gasteiger partial charge in [0.25, 0.3) is 0 Å². The maximum absolute atomic E-state index is 12.2. The van der Waals surface area contributed by atoms with Gasteiger partial charge in [0.15, 0.2) is 0 Å². The molecule has 1 heterocycles. The molecule has 3 nitrogen and oxygen atoms in total. The smallest absolute Gasteiger partial charge is 0.230 e. The third-order valence-electron chi connectivity index (χ3n) is 4.68. The zero-order valence-corrected chi connectivity index (χ0v) is 14.4. The molecule has 0 saturated heterocycles. The maximum atomic E-state index is 12.2. The molecule has 2 aliphatic rings. The van der Waals surface area contributed by atoms with Crippen LogP contribution in [0.1, 0.15) is 23.1 Å². The van der Waals surface area contributed by atoms with E-state index in [2.05, 4.69) is 29.6 Å². The van der Waals surface area contributed by atoms with Gasteiger partial charge in [-0.05, 0) is 60.6 Å². The number of ether oxygens (including phenoxy) is 1. The van der Waals surface area contributed by atoms with Gasteiger partial charge in [-0.3, -0.25) is 4.79 Å². The summed E-state index contributed by atoms with van der Waals surface area (Å²) < 4.78 is 5.73. The monoisotopic (exact) mass is 339 g/mol. The zero-order valence-electron chi connectivity index (χ0n) is 13.6. The summed E-state index contributed by atoms with van der Waals surface area (Å²) in [5.74, 6) is 1.47. The van der Waals surface area contributed by atoms with Gasteiger partial charge in [-0.1, -0.05) is 24.3 Å². The van der Waals surface area contributed by atoms with Gasteiger partial charge in [-0.15, -0.1) is 11.8 Å². The van der Waals surface area contributed by atoms with Gasteiger partial charge in [-0.2, -0.15) is 0 Å². The molecule has 1 N–H and O–H groups in total. The van der Waals surface area contributed by atoms with Crippen molar-refractivity contribution >= 4 is 17.7 Å². The summed E-state index contributed by atoms with van der Waals surface area (Å²) in [6, 6.07) is 14.7. The second kappa shape index (κ2) is 6.89. The number of carbonyl (C=O) groups excluding carboxylic acids is 1. The predicted molar refractivity (Wildman–Crippen MR) is 96.8 cm³/mol. The Bertz CT molecular complexity index is 759. The molecule has 0 radical (unpaired) electrons. The highest BCUT2D eigenvalue weighted by Crippen LogP contribution is 2.28. The molecule has 4 rings (SSSR count). The van der Waals surface area contributed by atoms with Crippen LogP contribution in [-0.2, 0) is 24.1 Å². The average molecular weight is 339 g/mol. The molecule has 1 aliphatic carbocycles. The lowest BCUT2D eigenvalue weighted by atomic mass is 10.0. The molecule has 2 aromatic carbocycles. The summed E-state index contributed by atoms with van der Waals surface area (Å²) in [7, 11) is 0. The Morgan fingerprint density at radius 3 is 2.96 bits per heavy atom. The van der Waals surface area contributed by atoms with Gasteiger partial charge in [0, 0.05) is 4.90 Å². The van der Waals surface area contributed by atoms with Crippen molar-refractivity contribution < 1.29 is 9.53 Å². The lowest BCUT2D eigenvalue weighted by molar-refractivity contribution is -0.119. The number of benzene rings is 2. The van der Waals surface area contributed by atoms with Crippen LogP contribution >= 0.6 is 11.8 Å². The third-order valence-corrected chi connectivity index (χ3v) is 5.68. The fraction of sp³-hybridized carbons (Fsp3) is 0.350. The Balaban J connectivity index is 1.30. The molecule has 4 heteroatoms. The van der Waals surface area contributed by atoms with Crippen LogP contribution in [0.5, 0.6) is 5.75 Å². The van der Waals surface area contributed by atoms with Gasteiger partial charge in [0.05, 0.1) is 11.8 Å². The Hall–Kier alpha value is -1.94. The minimum absolute atomic E-state index is 0.0630. The van der Waals surface area contributed by atoms with Crippen LogP contribution in [0.15, 0.2) is 47.4 Å².